The zero-order chi connectivity index (χ0) is 18.8. The first kappa shape index (κ1) is 17.9. The van der Waals surface area contributed by atoms with Gasteiger partial charge >= 0.3 is 0 Å². The van der Waals surface area contributed by atoms with Gasteiger partial charge in [0.25, 0.3) is 5.91 Å². The first-order valence-corrected chi connectivity index (χ1v) is 10.6. The largest absolute Gasteiger partial charge is 0.326 e. The van der Waals surface area contributed by atoms with Crippen LogP contribution in [0.4, 0.5) is 5.13 Å². The summed E-state index contributed by atoms with van der Waals surface area (Å²) in [4.78, 5) is 32.3. The fourth-order valence-corrected chi connectivity index (χ4v) is 4.60. The summed E-state index contributed by atoms with van der Waals surface area (Å²) >= 11 is 2.80. The Balaban J connectivity index is 1.46. The number of carbonyl (C=O) groups excluding carboxylic acids is 2. The minimum atomic E-state index is -0.439. The Morgan fingerprint density at radius 2 is 2.00 bits per heavy atom. The zero-order valence-corrected chi connectivity index (χ0v) is 16.5. The van der Waals surface area contributed by atoms with Gasteiger partial charge in [-0.05, 0) is 31.2 Å². The predicted molar refractivity (Wildman–Crippen MR) is 109 cm³/mol. The molecule has 0 aliphatic carbocycles. The van der Waals surface area contributed by atoms with Crippen molar-refractivity contribution in [1.29, 1.82) is 0 Å². The summed E-state index contributed by atoms with van der Waals surface area (Å²) in [5.41, 5.74) is 3.06. The highest BCUT2D eigenvalue weighted by molar-refractivity contribution is 7.14. The number of nitrogens with one attached hydrogen (secondary N) is 1. The SMILES string of the molecule is Cc1ccc(-c2csc(NC(=O)[C@H]3CCCN3C(=O)c3cccs3)n2)cc1. The van der Waals surface area contributed by atoms with Gasteiger partial charge in [-0.2, -0.15) is 0 Å². The molecule has 1 aliphatic heterocycles. The van der Waals surface area contributed by atoms with Gasteiger partial charge in [-0.3, -0.25) is 9.59 Å². The van der Waals surface area contributed by atoms with Crippen molar-refractivity contribution in [3.8, 4) is 11.3 Å². The van der Waals surface area contributed by atoms with Crippen LogP contribution < -0.4 is 5.32 Å². The second-order valence-corrected chi connectivity index (χ2v) is 8.33. The lowest BCUT2D eigenvalue weighted by molar-refractivity contribution is -0.119. The molecule has 3 aromatic rings. The number of hydrogen-bond acceptors (Lipinski definition) is 5. The quantitative estimate of drug-likeness (QED) is 0.709. The third kappa shape index (κ3) is 3.79. The number of benzene rings is 1. The van der Waals surface area contributed by atoms with E-state index in [9.17, 15) is 9.59 Å². The smallest absolute Gasteiger partial charge is 0.264 e. The van der Waals surface area contributed by atoms with Gasteiger partial charge < -0.3 is 10.2 Å². The van der Waals surface area contributed by atoms with E-state index in [1.54, 1.807) is 11.0 Å². The third-order valence-electron chi connectivity index (χ3n) is 4.63. The Morgan fingerprint density at radius 1 is 1.19 bits per heavy atom. The molecule has 1 N–H and O–H groups in total. The van der Waals surface area contributed by atoms with E-state index in [1.807, 2.05) is 48.0 Å². The van der Waals surface area contributed by atoms with Gasteiger partial charge in [0.05, 0.1) is 10.6 Å². The molecule has 1 aromatic carbocycles. The first-order valence-electron chi connectivity index (χ1n) is 8.80. The van der Waals surface area contributed by atoms with E-state index in [0.29, 0.717) is 23.0 Å². The van der Waals surface area contributed by atoms with Gasteiger partial charge in [0, 0.05) is 17.5 Å². The van der Waals surface area contributed by atoms with Crippen molar-refractivity contribution >= 4 is 39.6 Å². The number of hydrogen-bond donors (Lipinski definition) is 1. The van der Waals surface area contributed by atoms with Gasteiger partial charge in [-0.25, -0.2) is 4.98 Å². The van der Waals surface area contributed by atoms with Crippen molar-refractivity contribution in [2.24, 2.45) is 0 Å². The number of thiazole rings is 1. The Bertz CT molecular complexity index is 948. The molecular formula is C20H19N3O2S2. The molecule has 0 unspecified atom stereocenters. The molecule has 1 atom stereocenters. The predicted octanol–water partition coefficient (Wildman–Crippen LogP) is 4.42. The summed E-state index contributed by atoms with van der Waals surface area (Å²) in [6.07, 6.45) is 1.51. The number of amides is 2. The van der Waals surface area contributed by atoms with E-state index in [1.165, 1.54) is 28.2 Å². The van der Waals surface area contributed by atoms with Crippen LogP contribution in [-0.4, -0.2) is 34.3 Å². The molecule has 2 aromatic heterocycles. The Hall–Kier alpha value is -2.51. The molecule has 1 fully saturated rings. The summed E-state index contributed by atoms with van der Waals surface area (Å²) < 4.78 is 0. The molecule has 2 amide bonds. The number of anilines is 1. The van der Waals surface area contributed by atoms with Crippen molar-refractivity contribution in [1.82, 2.24) is 9.88 Å². The van der Waals surface area contributed by atoms with Crippen LogP contribution in [0.5, 0.6) is 0 Å². The maximum Gasteiger partial charge on any atom is 0.264 e. The summed E-state index contributed by atoms with van der Waals surface area (Å²) in [5, 5.41) is 7.26. The number of likely N-dealkylation sites (tertiary alicyclic amines) is 1. The number of thiophene rings is 1. The van der Waals surface area contributed by atoms with Crippen LogP contribution in [0.2, 0.25) is 0 Å². The molecule has 3 heterocycles. The molecular weight excluding hydrogens is 378 g/mol. The van der Waals surface area contributed by atoms with Crippen molar-refractivity contribution < 1.29 is 9.59 Å². The number of rotatable bonds is 4. The van der Waals surface area contributed by atoms with E-state index in [-0.39, 0.29) is 11.8 Å². The topological polar surface area (TPSA) is 62.3 Å². The molecule has 0 radical (unpaired) electrons. The lowest BCUT2D eigenvalue weighted by Crippen LogP contribution is -2.42. The normalized spacial score (nSPS) is 16.5. The van der Waals surface area contributed by atoms with Crippen LogP contribution in [0.25, 0.3) is 11.3 Å². The van der Waals surface area contributed by atoms with E-state index in [4.69, 9.17) is 0 Å². The summed E-state index contributed by atoms with van der Waals surface area (Å²) in [5.74, 6) is -0.232. The van der Waals surface area contributed by atoms with E-state index in [2.05, 4.69) is 10.3 Å². The van der Waals surface area contributed by atoms with Crippen LogP contribution in [0, 0.1) is 6.92 Å². The number of aryl methyl sites for hydroxylation is 1. The van der Waals surface area contributed by atoms with E-state index < -0.39 is 6.04 Å². The molecule has 138 valence electrons. The molecule has 4 rings (SSSR count). The number of nitrogens with zero attached hydrogens (tertiary/aromatic N) is 2. The Labute approximate surface area is 165 Å². The van der Waals surface area contributed by atoms with Gasteiger partial charge in [0.15, 0.2) is 5.13 Å². The number of aromatic nitrogens is 1. The summed E-state index contributed by atoms with van der Waals surface area (Å²) in [6, 6.07) is 11.3. The second-order valence-electron chi connectivity index (χ2n) is 6.53. The highest BCUT2D eigenvalue weighted by Crippen LogP contribution is 2.27. The highest BCUT2D eigenvalue weighted by Gasteiger charge is 2.35. The molecule has 7 heteroatoms. The lowest BCUT2D eigenvalue weighted by Gasteiger charge is -2.22. The second kappa shape index (κ2) is 7.62. The van der Waals surface area contributed by atoms with Crippen LogP contribution in [0.1, 0.15) is 28.1 Å². The fourth-order valence-electron chi connectivity index (χ4n) is 3.20. The van der Waals surface area contributed by atoms with Gasteiger partial charge in [0.2, 0.25) is 5.91 Å². The average Bonchev–Trinajstić information content (AvgIpc) is 3.42. The fraction of sp³-hybridized carbons (Fsp3) is 0.250. The molecule has 27 heavy (non-hydrogen) atoms. The molecule has 0 bridgehead atoms. The monoisotopic (exact) mass is 397 g/mol. The zero-order valence-electron chi connectivity index (χ0n) is 14.8. The minimum Gasteiger partial charge on any atom is -0.326 e. The van der Waals surface area contributed by atoms with E-state index in [0.717, 1.165) is 17.7 Å². The molecule has 0 spiro atoms. The van der Waals surface area contributed by atoms with Gasteiger partial charge in [-0.15, -0.1) is 22.7 Å². The maximum atomic E-state index is 12.8. The van der Waals surface area contributed by atoms with Gasteiger partial charge in [0.1, 0.15) is 6.04 Å². The summed E-state index contributed by atoms with van der Waals surface area (Å²) in [7, 11) is 0. The van der Waals surface area contributed by atoms with E-state index >= 15 is 0 Å². The highest BCUT2D eigenvalue weighted by atomic mass is 32.1. The van der Waals surface area contributed by atoms with Gasteiger partial charge in [-0.1, -0.05) is 35.9 Å². The number of carbonyl (C=O) groups is 2. The lowest BCUT2D eigenvalue weighted by atomic mass is 10.1. The van der Waals surface area contributed by atoms with Crippen molar-refractivity contribution in [3.05, 3.63) is 57.6 Å². The minimum absolute atomic E-state index is 0.0675. The molecule has 1 saturated heterocycles. The first-order chi connectivity index (χ1) is 13.1. The van der Waals surface area contributed by atoms with Crippen LogP contribution in [0.15, 0.2) is 47.2 Å². The molecule has 0 saturated carbocycles. The standard InChI is InChI=1S/C20H19N3O2S2/c1-13-6-8-14(9-7-13)15-12-27-20(21-15)22-18(24)16-4-2-10-23(16)19(25)17-5-3-11-26-17/h3,5-9,11-12,16H,2,4,10H2,1H3,(H,21,22,24)/t16-/m1/s1. The third-order valence-corrected chi connectivity index (χ3v) is 6.25. The van der Waals surface area contributed by atoms with Crippen LogP contribution in [0.3, 0.4) is 0 Å². The Kier molecular flexibility index (Phi) is 5.05. The van der Waals surface area contributed by atoms with Crippen molar-refractivity contribution in [3.63, 3.8) is 0 Å². The maximum absolute atomic E-state index is 12.8. The molecule has 1 aliphatic rings. The van der Waals surface area contributed by atoms with Crippen molar-refractivity contribution in [2.75, 3.05) is 11.9 Å². The average molecular weight is 398 g/mol. The molecule has 5 nitrogen and oxygen atoms in total. The van der Waals surface area contributed by atoms with Crippen molar-refractivity contribution in [2.45, 2.75) is 25.8 Å². The summed E-state index contributed by atoms with van der Waals surface area (Å²) in [6.45, 7) is 2.66. The van der Waals surface area contributed by atoms with Crippen LogP contribution >= 0.6 is 22.7 Å². The Morgan fingerprint density at radius 3 is 2.74 bits per heavy atom. The van der Waals surface area contributed by atoms with Crippen LogP contribution in [-0.2, 0) is 4.79 Å².